The Labute approximate surface area is 317 Å². The Balaban J connectivity index is 1.15. The Morgan fingerprint density at radius 1 is 0.309 bits per heavy atom. The maximum Gasteiger partial charge on any atom is 0.164 e. The molecule has 0 aliphatic heterocycles. The summed E-state index contributed by atoms with van der Waals surface area (Å²) in [5.41, 5.74) is 8.88. The van der Waals surface area contributed by atoms with Gasteiger partial charge in [-0.1, -0.05) is 158 Å². The Kier molecular flexibility index (Phi) is 7.14. The van der Waals surface area contributed by atoms with E-state index in [1.165, 1.54) is 16.2 Å². The van der Waals surface area contributed by atoms with Crippen LogP contribution in [0.4, 0.5) is 0 Å². The highest BCUT2D eigenvalue weighted by atomic mass is 16.3. The molecule has 0 amide bonds. The van der Waals surface area contributed by atoms with Crippen LogP contribution in [0.5, 0.6) is 0 Å². The first-order chi connectivity index (χ1) is 27.2. The van der Waals surface area contributed by atoms with Gasteiger partial charge in [0.2, 0.25) is 0 Å². The monoisotopic (exact) mass is 701 g/mol. The molecule has 0 fully saturated rings. The van der Waals surface area contributed by atoms with Crippen molar-refractivity contribution in [3.8, 4) is 56.4 Å². The third-order valence-electron chi connectivity index (χ3n) is 10.7. The summed E-state index contributed by atoms with van der Waals surface area (Å²) in [4.78, 5) is 15.5. The zero-order valence-electron chi connectivity index (χ0n) is 29.6. The molecule has 0 unspecified atom stereocenters. The van der Waals surface area contributed by atoms with Crippen molar-refractivity contribution in [3.05, 3.63) is 188 Å². The maximum atomic E-state index is 6.68. The van der Waals surface area contributed by atoms with Crippen molar-refractivity contribution in [1.29, 1.82) is 0 Å². The minimum Gasteiger partial charge on any atom is -0.455 e. The van der Waals surface area contributed by atoms with Crippen LogP contribution < -0.4 is 0 Å². The van der Waals surface area contributed by atoms with Crippen LogP contribution in [0.1, 0.15) is 0 Å². The van der Waals surface area contributed by atoms with Crippen LogP contribution in [0.25, 0.3) is 111 Å². The minimum absolute atomic E-state index is 0.615. The summed E-state index contributed by atoms with van der Waals surface area (Å²) in [7, 11) is 0. The van der Waals surface area contributed by atoms with Gasteiger partial charge in [-0.25, -0.2) is 15.0 Å². The lowest BCUT2D eigenvalue weighted by atomic mass is 9.90. The summed E-state index contributed by atoms with van der Waals surface area (Å²) >= 11 is 0. The highest BCUT2D eigenvalue weighted by Crippen LogP contribution is 2.44. The average molecular weight is 702 g/mol. The molecular weight excluding hydrogens is 671 g/mol. The lowest BCUT2D eigenvalue weighted by Crippen LogP contribution is -2.00. The smallest absolute Gasteiger partial charge is 0.164 e. The third kappa shape index (κ3) is 5.26. The van der Waals surface area contributed by atoms with E-state index in [0.29, 0.717) is 17.5 Å². The number of nitrogens with zero attached hydrogens (tertiary/aromatic N) is 3. The van der Waals surface area contributed by atoms with Gasteiger partial charge in [0.1, 0.15) is 11.2 Å². The molecular formula is C51H31N3O. The highest BCUT2D eigenvalue weighted by Gasteiger charge is 2.20. The molecule has 0 N–H and O–H groups in total. The second-order valence-corrected chi connectivity index (χ2v) is 14.0. The van der Waals surface area contributed by atoms with E-state index in [0.717, 1.165) is 77.0 Å². The van der Waals surface area contributed by atoms with Crippen LogP contribution in [-0.2, 0) is 0 Å². The van der Waals surface area contributed by atoms with Gasteiger partial charge in [-0.05, 0) is 79.3 Å². The van der Waals surface area contributed by atoms with E-state index in [2.05, 4.69) is 158 Å². The van der Waals surface area contributed by atoms with Crippen LogP contribution in [-0.4, -0.2) is 15.0 Å². The first kappa shape index (κ1) is 31.1. The summed E-state index contributed by atoms with van der Waals surface area (Å²) in [5, 5.41) is 9.21. The molecule has 0 atom stereocenters. The van der Waals surface area contributed by atoms with Gasteiger partial charge in [-0.3, -0.25) is 0 Å². The van der Waals surface area contributed by atoms with Crippen molar-refractivity contribution in [2.75, 3.05) is 0 Å². The first-order valence-corrected chi connectivity index (χ1v) is 18.5. The lowest BCUT2D eigenvalue weighted by molar-refractivity contribution is 0.670. The van der Waals surface area contributed by atoms with Crippen molar-refractivity contribution in [2.45, 2.75) is 0 Å². The van der Waals surface area contributed by atoms with Gasteiger partial charge in [-0.2, -0.15) is 0 Å². The van der Waals surface area contributed by atoms with E-state index >= 15 is 0 Å². The molecule has 11 rings (SSSR count). The number of hydrogen-bond acceptors (Lipinski definition) is 4. The molecule has 0 spiro atoms. The molecule has 2 heterocycles. The van der Waals surface area contributed by atoms with Crippen LogP contribution in [0, 0.1) is 0 Å². The summed E-state index contributed by atoms with van der Waals surface area (Å²) in [5.74, 6) is 1.87. The fourth-order valence-corrected chi connectivity index (χ4v) is 8.06. The number of para-hydroxylation sites is 1. The van der Waals surface area contributed by atoms with Crippen molar-refractivity contribution >= 4 is 54.3 Å². The van der Waals surface area contributed by atoms with E-state index in [-0.39, 0.29) is 0 Å². The summed E-state index contributed by atoms with van der Waals surface area (Å²) in [6, 6.07) is 65.7. The van der Waals surface area contributed by atoms with Gasteiger partial charge >= 0.3 is 0 Å². The SMILES string of the molecule is c1ccc(-c2nc(-c3cc(-c4ccc(-c5ccccc5)c5oc6ccccc6c45)c4ccccc4c3)nc(-c3ccc4c(ccc5ccccc54)c3)n2)cc1. The van der Waals surface area contributed by atoms with Gasteiger partial charge in [0.25, 0.3) is 0 Å². The standard InChI is InChI=1S/C51H31N3O/c1-3-13-32(14-4-1)42-27-28-43(47-44-21-11-12-22-46(44)55-48(42)47)45-31-38(30-35-18-8-10-20-40(35)45)51-53-49(34-16-5-2-6-17-34)52-50(54-51)37-25-26-41-36(29-37)24-23-33-15-7-9-19-39(33)41/h1-31H. The molecule has 9 aromatic carbocycles. The van der Waals surface area contributed by atoms with Crippen molar-refractivity contribution in [1.82, 2.24) is 15.0 Å². The third-order valence-corrected chi connectivity index (χ3v) is 10.7. The molecule has 0 saturated carbocycles. The van der Waals surface area contributed by atoms with Crippen molar-refractivity contribution in [3.63, 3.8) is 0 Å². The van der Waals surface area contributed by atoms with Gasteiger partial charge in [0.15, 0.2) is 17.5 Å². The maximum absolute atomic E-state index is 6.68. The molecule has 11 aromatic rings. The number of benzene rings is 9. The molecule has 2 aromatic heterocycles. The van der Waals surface area contributed by atoms with Crippen LogP contribution in [0.15, 0.2) is 192 Å². The van der Waals surface area contributed by atoms with Crippen LogP contribution in [0.2, 0.25) is 0 Å². The normalized spacial score (nSPS) is 11.6. The van der Waals surface area contributed by atoms with Gasteiger partial charge in [0, 0.05) is 33.0 Å². The molecule has 0 saturated heterocycles. The second-order valence-electron chi connectivity index (χ2n) is 14.0. The summed E-state index contributed by atoms with van der Waals surface area (Å²) in [6.45, 7) is 0. The van der Waals surface area contributed by atoms with Crippen molar-refractivity contribution in [2.24, 2.45) is 0 Å². The summed E-state index contributed by atoms with van der Waals surface area (Å²) < 4.78 is 6.68. The average Bonchev–Trinajstić information content (AvgIpc) is 3.66. The van der Waals surface area contributed by atoms with Crippen molar-refractivity contribution < 1.29 is 4.42 Å². The summed E-state index contributed by atoms with van der Waals surface area (Å²) in [6.07, 6.45) is 0. The molecule has 4 heteroatoms. The van der Waals surface area contributed by atoms with E-state index in [1.807, 2.05) is 30.3 Å². The molecule has 55 heavy (non-hydrogen) atoms. The molecule has 4 nitrogen and oxygen atoms in total. The predicted molar refractivity (Wildman–Crippen MR) is 227 cm³/mol. The van der Waals surface area contributed by atoms with Crippen LogP contribution >= 0.6 is 0 Å². The Morgan fingerprint density at radius 2 is 0.855 bits per heavy atom. The number of fused-ring (bicyclic) bond motifs is 7. The van der Waals surface area contributed by atoms with Crippen LogP contribution in [0.3, 0.4) is 0 Å². The Bertz CT molecular complexity index is 3260. The molecule has 256 valence electrons. The quantitative estimate of drug-likeness (QED) is 0.168. The molecule has 0 aliphatic carbocycles. The molecule has 0 aliphatic rings. The number of furan rings is 1. The van der Waals surface area contributed by atoms with Gasteiger partial charge in [0.05, 0.1) is 0 Å². The number of rotatable bonds is 5. The topological polar surface area (TPSA) is 51.8 Å². The molecule has 0 radical (unpaired) electrons. The second kappa shape index (κ2) is 12.6. The Morgan fingerprint density at radius 3 is 1.65 bits per heavy atom. The van der Waals surface area contributed by atoms with E-state index < -0.39 is 0 Å². The largest absolute Gasteiger partial charge is 0.455 e. The minimum atomic E-state index is 0.615. The van der Waals surface area contributed by atoms with E-state index in [1.54, 1.807) is 0 Å². The van der Waals surface area contributed by atoms with E-state index in [4.69, 9.17) is 19.4 Å². The predicted octanol–water partition coefficient (Wildman–Crippen LogP) is 13.6. The molecule has 0 bridgehead atoms. The zero-order valence-corrected chi connectivity index (χ0v) is 29.6. The number of hydrogen-bond donors (Lipinski definition) is 0. The lowest BCUT2D eigenvalue weighted by Gasteiger charge is -2.14. The highest BCUT2D eigenvalue weighted by molar-refractivity contribution is 6.19. The van der Waals surface area contributed by atoms with Gasteiger partial charge < -0.3 is 4.42 Å². The Hall–Kier alpha value is -7.43. The fraction of sp³-hybridized carbons (Fsp3) is 0. The van der Waals surface area contributed by atoms with E-state index in [9.17, 15) is 0 Å². The fourth-order valence-electron chi connectivity index (χ4n) is 8.06. The van der Waals surface area contributed by atoms with Gasteiger partial charge in [-0.15, -0.1) is 0 Å². The zero-order chi connectivity index (χ0) is 36.3. The number of aromatic nitrogens is 3. The first-order valence-electron chi connectivity index (χ1n) is 18.5.